The SMILES string of the molecule is COCOC1=C(C)C(=O)O[C@@]1(C)CO. The average molecular weight is 202 g/mol. The van der Waals surface area contributed by atoms with E-state index in [1.165, 1.54) is 7.11 Å². The first-order chi connectivity index (χ1) is 6.55. The number of carbonyl (C=O) groups is 1. The molecule has 1 rings (SSSR count). The first-order valence-corrected chi connectivity index (χ1v) is 4.22. The molecule has 0 spiro atoms. The molecular weight excluding hydrogens is 188 g/mol. The number of aliphatic hydroxyl groups excluding tert-OH is 1. The first kappa shape index (κ1) is 11.0. The summed E-state index contributed by atoms with van der Waals surface area (Å²) < 4.78 is 14.9. The summed E-state index contributed by atoms with van der Waals surface area (Å²) in [7, 11) is 1.48. The van der Waals surface area contributed by atoms with E-state index in [0.29, 0.717) is 11.3 Å². The Kier molecular flexibility index (Phi) is 3.13. The van der Waals surface area contributed by atoms with Gasteiger partial charge in [-0.25, -0.2) is 4.79 Å². The van der Waals surface area contributed by atoms with Gasteiger partial charge in [0.1, 0.15) is 0 Å². The topological polar surface area (TPSA) is 65.0 Å². The van der Waals surface area contributed by atoms with Crippen LogP contribution in [0, 0.1) is 0 Å². The molecule has 1 aliphatic rings. The van der Waals surface area contributed by atoms with Crippen molar-refractivity contribution in [1.82, 2.24) is 0 Å². The summed E-state index contributed by atoms with van der Waals surface area (Å²) in [5.74, 6) is -0.125. The molecule has 0 unspecified atom stereocenters. The number of hydrogen-bond acceptors (Lipinski definition) is 5. The van der Waals surface area contributed by atoms with Gasteiger partial charge in [0, 0.05) is 7.11 Å². The van der Waals surface area contributed by atoms with Crippen LogP contribution in [0.3, 0.4) is 0 Å². The van der Waals surface area contributed by atoms with Gasteiger partial charge < -0.3 is 19.3 Å². The lowest BCUT2D eigenvalue weighted by atomic mass is 10.0. The number of hydrogen-bond donors (Lipinski definition) is 1. The summed E-state index contributed by atoms with van der Waals surface area (Å²) in [5.41, 5.74) is -0.696. The smallest absolute Gasteiger partial charge is 0.338 e. The van der Waals surface area contributed by atoms with Gasteiger partial charge in [-0.2, -0.15) is 0 Å². The maximum atomic E-state index is 11.2. The number of cyclic esters (lactones) is 1. The fourth-order valence-corrected chi connectivity index (χ4v) is 1.30. The Morgan fingerprint density at radius 3 is 2.71 bits per heavy atom. The minimum absolute atomic E-state index is 0.0267. The lowest BCUT2D eigenvalue weighted by molar-refractivity contribution is -0.151. The Morgan fingerprint density at radius 2 is 2.21 bits per heavy atom. The number of aliphatic hydroxyl groups is 1. The molecule has 5 nitrogen and oxygen atoms in total. The molecule has 0 amide bonds. The third-order valence-corrected chi connectivity index (χ3v) is 2.07. The van der Waals surface area contributed by atoms with E-state index >= 15 is 0 Å². The second-order valence-corrected chi connectivity index (χ2v) is 3.28. The fraction of sp³-hybridized carbons (Fsp3) is 0.667. The maximum absolute atomic E-state index is 11.2. The van der Waals surface area contributed by atoms with Gasteiger partial charge in [-0.3, -0.25) is 0 Å². The van der Waals surface area contributed by atoms with Gasteiger partial charge in [-0.1, -0.05) is 0 Å². The van der Waals surface area contributed by atoms with Crippen molar-refractivity contribution in [1.29, 1.82) is 0 Å². The number of rotatable bonds is 4. The minimum atomic E-state index is -1.07. The number of methoxy groups -OCH3 is 1. The Hall–Kier alpha value is -1.07. The molecule has 1 aliphatic heterocycles. The van der Waals surface area contributed by atoms with E-state index in [4.69, 9.17) is 19.3 Å². The van der Waals surface area contributed by atoms with Gasteiger partial charge in [0.15, 0.2) is 18.2 Å². The highest BCUT2D eigenvalue weighted by Gasteiger charge is 2.43. The zero-order valence-corrected chi connectivity index (χ0v) is 8.49. The third kappa shape index (κ3) is 1.73. The highest BCUT2D eigenvalue weighted by molar-refractivity contribution is 5.91. The molecule has 0 bridgehead atoms. The Morgan fingerprint density at radius 1 is 1.57 bits per heavy atom. The predicted octanol–water partition coefficient (Wildman–Crippen LogP) is 0.189. The van der Waals surface area contributed by atoms with E-state index < -0.39 is 11.6 Å². The van der Waals surface area contributed by atoms with Crippen molar-refractivity contribution in [2.24, 2.45) is 0 Å². The van der Waals surface area contributed by atoms with Crippen molar-refractivity contribution in [3.05, 3.63) is 11.3 Å². The zero-order chi connectivity index (χ0) is 10.8. The van der Waals surface area contributed by atoms with Crippen molar-refractivity contribution in [3.8, 4) is 0 Å². The van der Waals surface area contributed by atoms with Gasteiger partial charge in [-0.05, 0) is 13.8 Å². The molecule has 0 radical (unpaired) electrons. The van der Waals surface area contributed by atoms with Gasteiger partial charge in [0.25, 0.3) is 0 Å². The molecule has 14 heavy (non-hydrogen) atoms. The standard InChI is InChI=1S/C9H14O5/c1-6-7(13-5-12-3)9(2,4-10)14-8(6)11/h10H,4-5H2,1-3H3/t9-/m0/s1. The van der Waals surface area contributed by atoms with Gasteiger partial charge >= 0.3 is 5.97 Å². The van der Waals surface area contributed by atoms with Gasteiger partial charge in [0.2, 0.25) is 0 Å². The number of esters is 1. The molecule has 0 aromatic heterocycles. The van der Waals surface area contributed by atoms with Crippen molar-refractivity contribution in [2.75, 3.05) is 20.5 Å². The van der Waals surface area contributed by atoms with E-state index in [1.54, 1.807) is 13.8 Å². The summed E-state index contributed by atoms with van der Waals surface area (Å²) in [6.07, 6.45) is 0. The zero-order valence-electron chi connectivity index (χ0n) is 8.49. The molecule has 0 aromatic rings. The Labute approximate surface area is 82.3 Å². The van der Waals surface area contributed by atoms with Crippen LogP contribution >= 0.6 is 0 Å². The van der Waals surface area contributed by atoms with Crippen molar-refractivity contribution in [3.63, 3.8) is 0 Å². The molecule has 0 aromatic carbocycles. The molecule has 1 atom stereocenters. The van der Waals surface area contributed by atoms with Crippen LogP contribution in [0.1, 0.15) is 13.8 Å². The van der Waals surface area contributed by atoms with E-state index in [9.17, 15) is 4.79 Å². The highest BCUT2D eigenvalue weighted by Crippen LogP contribution is 2.32. The van der Waals surface area contributed by atoms with Crippen LogP contribution in [0.25, 0.3) is 0 Å². The van der Waals surface area contributed by atoms with Gasteiger partial charge in [-0.15, -0.1) is 0 Å². The molecular formula is C9H14O5. The molecule has 5 heteroatoms. The number of ether oxygens (including phenoxy) is 3. The van der Waals surface area contributed by atoms with Crippen LogP contribution in [0.2, 0.25) is 0 Å². The monoisotopic (exact) mass is 202 g/mol. The van der Waals surface area contributed by atoms with Crippen LogP contribution in [0.5, 0.6) is 0 Å². The summed E-state index contributed by atoms with van der Waals surface area (Å²) in [6.45, 7) is 2.90. The van der Waals surface area contributed by atoms with Crippen molar-refractivity contribution in [2.45, 2.75) is 19.4 Å². The van der Waals surface area contributed by atoms with Crippen molar-refractivity contribution >= 4 is 5.97 Å². The summed E-state index contributed by atoms with van der Waals surface area (Å²) in [6, 6.07) is 0. The Balaban J connectivity index is 2.88. The maximum Gasteiger partial charge on any atom is 0.338 e. The quantitative estimate of drug-likeness (QED) is 0.520. The Bertz CT molecular complexity index is 270. The molecule has 0 fully saturated rings. The predicted molar refractivity (Wildman–Crippen MR) is 47.2 cm³/mol. The van der Waals surface area contributed by atoms with Gasteiger partial charge in [0.05, 0.1) is 12.2 Å². The number of carbonyl (C=O) groups excluding carboxylic acids is 1. The molecule has 1 N–H and O–H groups in total. The first-order valence-electron chi connectivity index (χ1n) is 4.22. The minimum Gasteiger partial charge on any atom is -0.467 e. The molecule has 0 saturated heterocycles. The van der Waals surface area contributed by atoms with E-state index in [2.05, 4.69) is 0 Å². The lowest BCUT2D eigenvalue weighted by Crippen LogP contribution is -2.33. The highest BCUT2D eigenvalue weighted by atomic mass is 16.7. The largest absolute Gasteiger partial charge is 0.467 e. The van der Waals surface area contributed by atoms with Crippen LogP contribution in [0.15, 0.2) is 11.3 Å². The molecule has 0 aliphatic carbocycles. The lowest BCUT2D eigenvalue weighted by Gasteiger charge is -2.23. The van der Waals surface area contributed by atoms with Crippen LogP contribution in [0.4, 0.5) is 0 Å². The molecule has 80 valence electrons. The fourth-order valence-electron chi connectivity index (χ4n) is 1.30. The average Bonchev–Trinajstić information content (AvgIpc) is 2.37. The molecule has 1 heterocycles. The van der Waals surface area contributed by atoms with E-state index in [-0.39, 0.29) is 13.4 Å². The van der Waals surface area contributed by atoms with Crippen molar-refractivity contribution < 1.29 is 24.1 Å². The third-order valence-electron chi connectivity index (χ3n) is 2.07. The van der Waals surface area contributed by atoms with Crippen LogP contribution in [-0.2, 0) is 19.0 Å². The summed E-state index contributed by atoms with van der Waals surface area (Å²) in [5, 5.41) is 9.10. The van der Waals surface area contributed by atoms with Crippen LogP contribution in [-0.4, -0.2) is 37.2 Å². The normalized spacial score (nSPS) is 26.7. The second kappa shape index (κ2) is 3.98. The second-order valence-electron chi connectivity index (χ2n) is 3.28. The van der Waals surface area contributed by atoms with Crippen LogP contribution < -0.4 is 0 Å². The van der Waals surface area contributed by atoms with E-state index in [1.807, 2.05) is 0 Å². The summed E-state index contributed by atoms with van der Waals surface area (Å²) >= 11 is 0. The summed E-state index contributed by atoms with van der Waals surface area (Å²) in [4.78, 5) is 11.2. The van der Waals surface area contributed by atoms with E-state index in [0.717, 1.165) is 0 Å². The molecule has 0 saturated carbocycles.